The first-order valence-corrected chi connectivity index (χ1v) is 8.79. The molecule has 0 atom stereocenters. The molecular formula is C18H14N2O2S2. The Hall–Kier alpha value is -2.36. The van der Waals surface area contributed by atoms with Gasteiger partial charge in [-0.05, 0) is 43.1 Å². The first-order valence-electron chi connectivity index (χ1n) is 7.20. The highest BCUT2D eigenvalue weighted by Gasteiger charge is 2.30. The van der Waals surface area contributed by atoms with Gasteiger partial charge in [0.2, 0.25) is 0 Å². The van der Waals surface area contributed by atoms with E-state index in [-0.39, 0.29) is 0 Å². The van der Waals surface area contributed by atoms with Gasteiger partial charge in [-0.2, -0.15) is 4.37 Å². The second-order valence-corrected chi connectivity index (χ2v) is 8.23. The molecule has 0 bridgehead atoms. The second-order valence-electron chi connectivity index (χ2n) is 5.76. The van der Waals surface area contributed by atoms with Crippen LogP contribution in [0.3, 0.4) is 0 Å². The first kappa shape index (κ1) is 16.5. The van der Waals surface area contributed by atoms with Crippen LogP contribution in [0.5, 0.6) is 0 Å². The standard InChI is InChI=1S/C18H14N2O2S2/c1-18(2,17(21)22)23-14-8-7-12-10-20-24-16(12)15(14)11-5-4-6-13(9-11)19-3/h4-10H,1-2H3,(H,21,22). The number of benzene rings is 2. The van der Waals surface area contributed by atoms with Crippen molar-refractivity contribution in [2.45, 2.75) is 23.5 Å². The van der Waals surface area contributed by atoms with Crippen LogP contribution < -0.4 is 0 Å². The molecule has 3 aromatic rings. The Morgan fingerprint density at radius 3 is 2.83 bits per heavy atom. The molecule has 0 unspecified atom stereocenters. The summed E-state index contributed by atoms with van der Waals surface area (Å²) >= 11 is 2.69. The number of aliphatic carboxylic acids is 1. The summed E-state index contributed by atoms with van der Waals surface area (Å²) in [6.45, 7) is 10.6. The molecule has 4 nitrogen and oxygen atoms in total. The zero-order valence-corrected chi connectivity index (χ0v) is 14.7. The topological polar surface area (TPSA) is 54.5 Å². The van der Waals surface area contributed by atoms with Gasteiger partial charge in [-0.1, -0.05) is 24.3 Å². The van der Waals surface area contributed by atoms with E-state index >= 15 is 0 Å². The van der Waals surface area contributed by atoms with E-state index in [0.29, 0.717) is 5.69 Å². The highest BCUT2D eigenvalue weighted by molar-refractivity contribution is 8.01. The van der Waals surface area contributed by atoms with Crippen molar-refractivity contribution in [3.8, 4) is 11.1 Å². The molecule has 0 aliphatic carbocycles. The molecule has 1 N–H and O–H groups in total. The Kier molecular flexibility index (Phi) is 4.31. The Balaban J connectivity index is 2.23. The molecule has 3 rings (SSSR count). The number of carbonyl (C=O) groups is 1. The van der Waals surface area contributed by atoms with E-state index in [4.69, 9.17) is 6.57 Å². The lowest BCUT2D eigenvalue weighted by Crippen LogP contribution is -2.26. The van der Waals surface area contributed by atoms with Gasteiger partial charge in [0.25, 0.3) is 0 Å². The third kappa shape index (κ3) is 3.01. The lowest BCUT2D eigenvalue weighted by molar-refractivity contribution is -0.138. The molecule has 0 fully saturated rings. The molecule has 1 aromatic heterocycles. The molecule has 120 valence electrons. The van der Waals surface area contributed by atoms with Gasteiger partial charge in [0.05, 0.1) is 11.3 Å². The average Bonchev–Trinajstić information content (AvgIpc) is 3.02. The summed E-state index contributed by atoms with van der Waals surface area (Å²) < 4.78 is 4.31. The quantitative estimate of drug-likeness (QED) is 0.499. The van der Waals surface area contributed by atoms with E-state index in [0.717, 1.165) is 26.1 Å². The minimum Gasteiger partial charge on any atom is -0.480 e. The Morgan fingerprint density at radius 1 is 1.33 bits per heavy atom. The zero-order chi connectivity index (χ0) is 17.3. The highest BCUT2D eigenvalue weighted by Crippen LogP contribution is 2.44. The van der Waals surface area contributed by atoms with Crippen molar-refractivity contribution in [3.63, 3.8) is 0 Å². The van der Waals surface area contributed by atoms with E-state index < -0.39 is 10.7 Å². The number of carboxylic acids is 1. The smallest absolute Gasteiger partial charge is 0.319 e. The monoisotopic (exact) mass is 354 g/mol. The van der Waals surface area contributed by atoms with Crippen LogP contribution in [0.1, 0.15) is 13.8 Å². The molecule has 0 saturated carbocycles. The first-order chi connectivity index (χ1) is 11.4. The predicted molar refractivity (Wildman–Crippen MR) is 98.9 cm³/mol. The van der Waals surface area contributed by atoms with Crippen LogP contribution in [-0.4, -0.2) is 20.2 Å². The van der Waals surface area contributed by atoms with Crippen molar-refractivity contribution in [2.75, 3.05) is 0 Å². The molecular weight excluding hydrogens is 340 g/mol. The van der Waals surface area contributed by atoms with E-state index in [9.17, 15) is 9.90 Å². The Morgan fingerprint density at radius 2 is 2.12 bits per heavy atom. The maximum atomic E-state index is 11.5. The fraction of sp³-hybridized carbons (Fsp3) is 0.167. The number of carboxylic acid groups (broad SMARTS) is 1. The van der Waals surface area contributed by atoms with Gasteiger partial charge in [0, 0.05) is 22.0 Å². The fourth-order valence-corrected chi connectivity index (χ4v) is 4.30. The van der Waals surface area contributed by atoms with Crippen LogP contribution in [0.15, 0.2) is 47.5 Å². The summed E-state index contributed by atoms with van der Waals surface area (Å²) in [5, 5.41) is 10.5. The molecule has 0 aliphatic rings. The van der Waals surface area contributed by atoms with E-state index in [1.54, 1.807) is 26.1 Å². The van der Waals surface area contributed by atoms with Crippen LogP contribution in [0, 0.1) is 6.57 Å². The van der Waals surface area contributed by atoms with Crippen molar-refractivity contribution in [1.29, 1.82) is 0 Å². The number of hydrogen-bond donors (Lipinski definition) is 1. The summed E-state index contributed by atoms with van der Waals surface area (Å²) in [4.78, 5) is 15.9. The van der Waals surface area contributed by atoms with Crippen LogP contribution >= 0.6 is 23.3 Å². The predicted octanol–water partition coefficient (Wildman–Crippen LogP) is 5.47. The molecule has 2 aromatic carbocycles. The number of aromatic nitrogens is 1. The van der Waals surface area contributed by atoms with Gasteiger partial charge >= 0.3 is 5.97 Å². The molecule has 0 radical (unpaired) electrons. The lowest BCUT2D eigenvalue weighted by Gasteiger charge is -2.21. The van der Waals surface area contributed by atoms with Gasteiger partial charge < -0.3 is 5.11 Å². The van der Waals surface area contributed by atoms with E-state index in [2.05, 4.69) is 9.22 Å². The second kappa shape index (κ2) is 6.27. The van der Waals surface area contributed by atoms with Crippen molar-refractivity contribution >= 4 is 45.0 Å². The van der Waals surface area contributed by atoms with Crippen molar-refractivity contribution in [2.24, 2.45) is 0 Å². The highest BCUT2D eigenvalue weighted by atomic mass is 32.2. The summed E-state index contributed by atoms with van der Waals surface area (Å²) in [5.74, 6) is -0.863. The van der Waals surface area contributed by atoms with Gasteiger partial charge in [0.1, 0.15) is 4.75 Å². The number of hydrogen-bond acceptors (Lipinski definition) is 4. The molecule has 1 heterocycles. The maximum Gasteiger partial charge on any atom is 0.319 e. The Labute approximate surface area is 148 Å². The summed E-state index contributed by atoms with van der Waals surface area (Å²) in [6.07, 6.45) is 1.80. The third-order valence-corrected chi connectivity index (χ3v) is 5.71. The Bertz CT molecular complexity index is 971. The van der Waals surface area contributed by atoms with Crippen molar-refractivity contribution in [3.05, 3.63) is 54.0 Å². The molecule has 6 heteroatoms. The van der Waals surface area contributed by atoms with Gasteiger partial charge in [-0.15, -0.1) is 11.8 Å². The molecule has 0 amide bonds. The van der Waals surface area contributed by atoms with Crippen molar-refractivity contribution in [1.82, 2.24) is 4.37 Å². The minimum absolute atomic E-state index is 0.558. The van der Waals surface area contributed by atoms with Gasteiger partial charge in [-0.3, -0.25) is 4.79 Å². The molecule has 24 heavy (non-hydrogen) atoms. The van der Waals surface area contributed by atoms with Gasteiger partial charge in [0.15, 0.2) is 5.69 Å². The SMILES string of the molecule is [C-]#[N+]c1cccc(-c2c(SC(C)(C)C(=O)O)ccc3cnsc23)c1. The number of nitrogens with zero attached hydrogens (tertiary/aromatic N) is 2. The number of rotatable bonds is 4. The summed E-state index contributed by atoms with van der Waals surface area (Å²) in [6, 6.07) is 11.3. The largest absolute Gasteiger partial charge is 0.480 e. The average molecular weight is 354 g/mol. The summed E-state index contributed by atoms with van der Waals surface area (Å²) in [7, 11) is 0. The third-order valence-electron chi connectivity index (χ3n) is 3.63. The van der Waals surface area contributed by atoms with E-state index in [1.807, 2.05) is 30.3 Å². The van der Waals surface area contributed by atoms with Crippen LogP contribution in [0.25, 0.3) is 26.1 Å². The van der Waals surface area contributed by atoms with E-state index in [1.165, 1.54) is 23.3 Å². The molecule has 0 saturated heterocycles. The summed E-state index contributed by atoms with van der Waals surface area (Å²) in [5.41, 5.74) is 2.41. The number of thioether (sulfide) groups is 1. The number of fused-ring (bicyclic) bond motifs is 1. The minimum atomic E-state index is -0.954. The maximum absolute atomic E-state index is 11.5. The van der Waals surface area contributed by atoms with Crippen LogP contribution in [-0.2, 0) is 4.79 Å². The van der Waals surface area contributed by atoms with Crippen LogP contribution in [0.4, 0.5) is 5.69 Å². The van der Waals surface area contributed by atoms with Crippen molar-refractivity contribution < 1.29 is 9.90 Å². The molecule has 0 aliphatic heterocycles. The normalized spacial score (nSPS) is 11.4. The van der Waals surface area contributed by atoms with Crippen LogP contribution in [0.2, 0.25) is 0 Å². The zero-order valence-electron chi connectivity index (χ0n) is 13.1. The lowest BCUT2D eigenvalue weighted by atomic mass is 10.0. The molecule has 0 spiro atoms. The fourth-order valence-electron chi connectivity index (χ4n) is 2.32. The van der Waals surface area contributed by atoms with Gasteiger partial charge in [-0.25, -0.2) is 4.85 Å².